The molecule has 2 amide bonds. The fraction of sp³-hybridized carbons (Fsp3) is 0.429. The van der Waals surface area contributed by atoms with E-state index in [1.54, 1.807) is 19.1 Å². The van der Waals surface area contributed by atoms with Crippen molar-refractivity contribution in [1.29, 1.82) is 0 Å². The molecule has 0 saturated carbocycles. The highest BCUT2D eigenvalue weighted by atomic mass is 16.5. The quantitative estimate of drug-likeness (QED) is 0.593. The number of hydrogen-bond acceptors (Lipinski definition) is 4. The molecular formula is C14H20N2O5. The van der Waals surface area contributed by atoms with Crippen molar-refractivity contribution in [3.8, 4) is 5.75 Å². The summed E-state index contributed by atoms with van der Waals surface area (Å²) in [6, 6.07) is 4.54. The van der Waals surface area contributed by atoms with Crippen LogP contribution in [0.1, 0.15) is 12.5 Å². The van der Waals surface area contributed by atoms with Gasteiger partial charge in [0.1, 0.15) is 11.8 Å². The highest BCUT2D eigenvalue weighted by Gasteiger charge is 2.20. The van der Waals surface area contributed by atoms with Crippen LogP contribution in [-0.4, -0.2) is 48.0 Å². The van der Waals surface area contributed by atoms with Crippen molar-refractivity contribution in [3.63, 3.8) is 0 Å². The normalized spacial score (nSPS) is 13.2. The first kappa shape index (κ1) is 16.8. The van der Waals surface area contributed by atoms with E-state index in [9.17, 15) is 14.7 Å². The minimum atomic E-state index is -1.13. The lowest BCUT2D eigenvalue weighted by Gasteiger charge is -2.16. The molecule has 0 aliphatic heterocycles. The van der Waals surface area contributed by atoms with E-state index < -0.39 is 18.0 Å². The van der Waals surface area contributed by atoms with E-state index in [0.29, 0.717) is 5.56 Å². The lowest BCUT2D eigenvalue weighted by Crippen LogP contribution is -2.48. The summed E-state index contributed by atoms with van der Waals surface area (Å²) >= 11 is 0. The smallest absolute Gasteiger partial charge is 0.326 e. The SMILES string of the molecule is COC(C)CNC(=O)N[C@@H](Cc1ccc(O)cc1)C(=O)O. The molecule has 21 heavy (non-hydrogen) atoms. The molecule has 0 spiro atoms. The highest BCUT2D eigenvalue weighted by molar-refractivity contribution is 5.82. The molecule has 7 heteroatoms. The second-order valence-corrected chi connectivity index (χ2v) is 4.66. The van der Waals surface area contributed by atoms with Gasteiger partial charge in [0, 0.05) is 20.1 Å². The first-order valence-corrected chi connectivity index (χ1v) is 6.50. The molecule has 1 rings (SSSR count). The number of aliphatic carboxylic acids is 1. The number of carboxylic acids is 1. The third-order valence-electron chi connectivity index (χ3n) is 2.93. The van der Waals surface area contributed by atoms with Crippen molar-refractivity contribution in [3.05, 3.63) is 29.8 Å². The molecule has 0 aliphatic rings. The van der Waals surface area contributed by atoms with Gasteiger partial charge in [-0.05, 0) is 24.6 Å². The van der Waals surface area contributed by atoms with Crippen LogP contribution in [0, 0.1) is 0 Å². The van der Waals surface area contributed by atoms with E-state index in [-0.39, 0.29) is 24.8 Å². The third-order valence-corrected chi connectivity index (χ3v) is 2.93. The van der Waals surface area contributed by atoms with Gasteiger partial charge < -0.3 is 25.6 Å². The van der Waals surface area contributed by atoms with Crippen LogP contribution in [0.3, 0.4) is 0 Å². The van der Waals surface area contributed by atoms with Crippen molar-refractivity contribution in [2.24, 2.45) is 0 Å². The van der Waals surface area contributed by atoms with Crippen molar-refractivity contribution < 1.29 is 24.5 Å². The maximum Gasteiger partial charge on any atom is 0.326 e. The summed E-state index contributed by atoms with van der Waals surface area (Å²) in [5.41, 5.74) is 0.700. The first-order valence-electron chi connectivity index (χ1n) is 6.50. The Morgan fingerprint density at radius 1 is 1.29 bits per heavy atom. The Morgan fingerprint density at radius 3 is 2.43 bits per heavy atom. The number of phenolic OH excluding ortho intramolecular Hbond substituents is 1. The van der Waals surface area contributed by atoms with E-state index in [4.69, 9.17) is 9.84 Å². The predicted octanol–water partition coefficient (Wildman–Crippen LogP) is 0.722. The first-order chi connectivity index (χ1) is 9.92. The van der Waals surface area contributed by atoms with Gasteiger partial charge in [0.05, 0.1) is 6.10 Å². The summed E-state index contributed by atoms with van der Waals surface area (Å²) in [5, 5.41) is 23.3. The van der Waals surface area contributed by atoms with Gasteiger partial charge in [-0.3, -0.25) is 0 Å². The molecule has 0 fully saturated rings. The lowest BCUT2D eigenvalue weighted by molar-refractivity contribution is -0.139. The molecule has 0 aromatic heterocycles. The molecule has 0 bridgehead atoms. The monoisotopic (exact) mass is 296 g/mol. The largest absolute Gasteiger partial charge is 0.508 e. The number of carbonyl (C=O) groups excluding carboxylic acids is 1. The number of amides is 2. The molecule has 0 saturated heterocycles. The Morgan fingerprint density at radius 2 is 1.90 bits per heavy atom. The van der Waals surface area contributed by atoms with E-state index in [2.05, 4.69) is 10.6 Å². The number of rotatable bonds is 7. The number of carbonyl (C=O) groups is 2. The van der Waals surface area contributed by atoms with Crippen molar-refractivity contribution in [2.45, 2.75) is 25.5 Å². The fourth-order valence-electron chi connectivity index (χ4n) is 1.60. The number of aromatic hydroxyl groups is 1. The fourth-order valence-corrected chi connectivity index (χ4v) is 1.60. The summed E-state index contributed by atoms with van der Waals surface area (Å²) in [7, 11) is 1.52. The van der Waals surface area contributed by atoms with Gasteiger partial charge in [0.2, 0.25) is 0 Å². The van der Waals surface area contributed by atoms with Crippen LogP contribution in [0.4, 0.5) is 4.79 Å². The molecule has 0 heterocycles. The van der Waals surface area contributed by atoms with Crippen LogP contribution in [-0.2, 0) is 16.0 Å². The van der Waals surface area contributed by atoms with Crippen LogP contribution in [0.5, 0.6) is 5.75 Å². The number of benzene rings is 1. The van der Waals surface area contributed by atoms with Crippen molar-refractivity contribution in [1.82, 2.24) is 10.6 Å². The number of ether oxygens (including phenoxy) is 1. The summed E-state index contributed by atoms with van der Waals surface area (Å²) < 4.78 is 4.98. The van der Waals surface area contributed by atoms with Gasteiger partial charge in [-0.25, -0.2) is 9.59 Å². The van der Waals surface area contributed by atoms with Crippen molar-refractivity contribution >= 4 is 12.0 Å². The molecule has 1 aromatic rings. The lowest BCUT2D eigenvalue weighted by atomic mass is 10.1. The van der Waals surface area contributed by atoms with Crippen LogP contribution in [0.2, 0.25) is 0 Å². The Kier molecular flexibility index (Phi) is 6.48. The number of carboxylic acid groups (broad SMARTS) is 1. The predicted molar refractivity (Wildman–Crippen MR) is 76.2 cm³/mol. The maximum absolute atomic E-state index is 11.6. The van der Waals surface area contributed by atoms with Crippen molar-refractivity contribution in [2.75, 3.05) is 13.7 Å². The molecule has 0 aliphatic carbocycles. The number of hydrogen-bond donors (Lipinski definition) is 4. The second kappa shape index (κ2) is 8.11. The third kappa shape index (κ3) is 6.13. The molecule has 7 nitrogen and oxygen atoms in total. The summed E-state index contributed by atoms with van der Waals surface area (Å²) in [5.74, 6) is -1.03. The van der Waals surface area contributed by atoms with Gasteiger partial charge in [0.15, 0.2) is 0 Å². The van der Waals surface area contributed by atoms with E-state index in [0.717, 1.165) is 0 Å². The topological polar surface area (TPSA) is 108 Å². The van der Waals surface area contributed by atoms with Gasteiger partial charge in [-0.2, -0.15) is 0 Å². The molecule has 116 valence electrons. The molecule has 2 atom stereocenters. The van der Waals surface area contributed by atoms with Crippen LogP contribution >= 0.6 is 0 Å². The number of phenols is 1. The maximum atomic E-state index is 11.6. The van der Waals surface area contributed by atoms with E-state index in [1.165, 1.54) is 19.2 Å². The minimum absolute atomic E-state index is 0.102. The minimum Gasteiger partial charge on any atom is -0.508 e. The zero-order chi connectivity index (χ0) is 15.8. The zero-order valence-corrected chi connectivity index (χ0v) is 12.0. The highest BCUT2D eigenvalue weighted by Crippen LogP contribution is 2.11. The summed E-state index contributed by atoms with van der Waals surface area (Å²) in [6.07, 6.45) is -0.0285. The average Bonchev–Trinajstić information content (AvgIpc) is 2.46. The average molecular weight is 296 g/mol. The molecule has 4 N–H and O–H groups in total. The molecule has 1 unspecified atom stereocenters. The van der Waals surface area contributed by atoms with E-state index in [1.807, 2.05) is 0 Å². The van der Waals surface area contributed by atoms with Crippen LogP contribution in [0.25, 0.3) is 0 Å². The Balaban J connectivity index is 2.55. The second-order valence-electron chi connectivity index (χ2n) is 4.66. The van der Waals surface area contributed by atoms with Gasteiger partial charge in [-0.1, -0.05) is 12.1 Å². The Labute approximate surface area is 122 Å². The number of nitrogens with one attached hydrogen (secondary N) is 2. The van der Waals surface area contributed by atoms with Gasteiger partial charge in [-0.15, -0.1) is 0 Å². The van der Waals surface area contributed by atoms with Gasteiger partial charge in [0.25, 0.3) is 0 Å². The molecular weight excluding hydrogens is 276 g/mol. The molecule has 0 radical (unpaired) electrons. The van der Waals surface area contributed by atoms with Crippen LogP contribution in [0.15, 0.2) is 24.3 Å². The summed E-state index contributed by atoms with van der Waals surface area (Å²) in [6.45, 7) is 2.07. The van der Waals surface area contributed by atoms with E-state index >= 15 is 0 Å². The summed E-state index contributed by atoms with van der Waals surface area (Å²) in [4.78, 5) is 22.8. The van der Waals surface area contributed by atoms with Gasteiger partial charge >= 0.3 is 12.0 Å². The number of urea groups is 1. The molecule has 1 aromatic carbocycles. The standard InChI is InChI=1S/C14H20N2O5/c1-9(21-2)8-15-14(20)16-12(13(18)19)7-10-3-5-11(17)6-4-10/h3-6,9,12,17H,7-8H2,1-2H3,(H,18,19)(H2,15,16,20)/t9?,12-/m0/s1. The van der Waals surface area contributed by atoms with Crippen LogP contribution < -0.4 is 10.6 Å². The number of methoxy groups -OCH3 is 1. The Hall–Kier alpha value is -2.28. The zero-order valence-electron chi connectivity index (χ0n) is 12.0. The Bertz CT molecular complexity index is 475.